The van der Waals surface area contributed by atoms with E-state index in [1.54, 1.807) is 0 Å². The third-order valence-electron chi connectivity index (χ3n) is 19.8. The highest BCUT2D eigenvalue weighted by molar-refractivity contribution is 7.20. The van der Waals surface area contributed by atoms with Crippen molar-refractivity contribution >= 4 is 135 Å². The van der Waals surface area contributed by atoms with Crippen molar-refractivity contribution in [3.05, 3.63) is 352 Å². The van der Waals surface area contributed by atoms with E-state index in [1.165, 1.54) is 52.3 Å². The number of hydrogen-bond acceptors (Lipinski definition) is 3. The SMILES string of the molecule is c1ccc([Si](c2ccccc2)(c2ccccc2)c2ccc3nc4n(-c5cc(-c6cccc(-n7c8ccccc8c8ccccc87)c6)cc(-n6c7ccccc7n7c8ccccc8nc67)n5)c5ccc([Si](c6ccccc6)(c6ccccc6)c6ccccc6)cc5n4c3c2)cc1. The van der Waals surface area contributed by atoms with E-state index in [-0.39, 0.29) is 0 Å². The Kier molecular flexibility index (Phi) is 12.5. The first-order chi connectivity index (χ1) is 47.1. The second kappa shape index (κ2) is 21.7. The lowest BCUT2D eigenvalue weighted by Gasteiger charge is -2.34. The summed E-state index contributed by atoms with van der Waals surface area (Å²) >= 11 is 0. The van der Waals surface area contributed by atoms with E-state index in [1.807, 2.05) is 0 Å². The van der Waals surface area contributed by atoms with Crippen molar-refractivity contribution in [2.24, 2.45) is 0 Å². The summed E-state index contributed by atoms with van der Waals surface area (Å²) in [5.41, 5.74) is 13.3. The van der Waals surface area contributed by atoms with Gasteiger partial charge in [0.05, 0.1) is 55.2 Å². The molecule has 0 fully saturated rings. The average Bonchev–Trinajstić information content (AvgIpc) is 1.63. The van der Waals surface area contributed by atoms with Gasteiger partial charge in [-0.1, -0.05) is 267 Å². The molecule has 0 spiro atoms. The standard InChI is InChI=1S/C85H58N8Si2/c1-7-30-62(31-8-1)94(63-32-9-2-10-33-63,64-34-11-3-12-35-64)68-50-52-73-80(57-68)91-81-58-69(95(65-36-13-4-14-37-65,66-38-15-5-16-39-66)67-40-17-6-18-41-67)51-53-79(81)93(85(91)87-73)83-56-60(59-28-27-29-61(54-59)89-74-45-22-19-42-70(74)71-43-20-23-46-75(71)89)55-82(88-83)92-78-49-26-25-48-77(78)90-76-47-24-21-44-72(76)86-84(90)92/h1-58H. The molecule has 19 aromatic rings. The lowest BCUT2D eigenvalue weighted by Crippen LogP contribution is -2.74. The molecule has 8 nitrogen and oxygen atoms in total. The highest BCUT2D eigenvalue weighted by atomic mass is 28.3. The van der Waals surface area contributed by atoms with Gasteiger partial charge in [-0.05, 0) is 138 Å². The van der Waals surface area contributed by atoms with Gasteiger partial charge in [0.1, 0.15) is 11.6 Å². The molecule has 0 unspecified atom stereocenters. The maximum Gasteiger partial charge on any atom is 0.221 e. The van der Waals surface area contributed by atoms with Crippen molar-refractivity contribution in [1.82, 2.24) is 37.5 Å². The number of pyridine rings is 1. The van der Waals surface area contributed by atoms with Gasteiger partial charge in [-0.3, -0.25) is 17.9 Å². The van der Waals surface area contributed by atoms with E-state index in [4.69, 9.17) is 15.0 Å². The molecule has 0 aliphatic heterocycles. The fraction of sp³-hybridized carbons (Fsp3) is 0. The van der Waals surface area contributed by atoms with Crippen LogP contribution in [0.1, 0.15) is 0 Å². The largest absolute Gasteiger partial charge is 0.309 e. The van der Waals surface area contributed by atoms with Crippen molar-refractivity contribution in [1.29, 1.82) is 0 Å². The van der Waals surface area contributed by atoms with Crippen LogP contribution in [0.15, 0.2) is 352 Å². The van der Waals surface area contributed by atoms with Crippen LogP contribution in [-0.4, -0.2) is 53.6 Å². The number of imidazole rings is 4. The molecular weight excluding hydrogens is 1190 g/mol. The molecule has 95 heavy (non-hydrogen) atoms. The molecule has 6 aromatic heterocycles. The molecule has 19 rings (SSSR count). The van der Waals surface area contributed by atoms with Gasteiger partial charge in [-0.25, -0.2) is 15.0 Å². The zero-order chi connectivity index (χ0) is 62.6. The zero-order valence-electron chi connectivity index (χ0n) is 51.6. The molecule has 0 saturated heterocycles. The molecule has 0 radical (unpaired) electrons. The minimum Gasteiger partial charge on any atom is -0.309 e. The summed E-state index contributed by atoms with van der Waals surface area (Å²) in [6, 6.07) is 130. The molecular formula is C85H58N8Si2. The van der Waals surface area contributed by atoms with Crippen LogP contribution in [0.25, 0.3) is 106 Å². The molecule has 0 saturated carbocycles. The van der Waals surface area contributed by atoms with Crippen LogP contribution in [0, 0.1) is 0 Å². The second-order valence-electron chi connectivity index (χ2n) is 24.7. The third-order valence-corrected chi connectivity index (χ3v) is 29.3. The van der Waals surface area contributed by atoms with Crippen LogP contribution in [0.3, 0.4) is 0 Å². The minimum atomic E-state index is -3.09. The molecule has 6 heterocycles. The van der Waals surface area contributed by atoms with Crippen LogP contribution >= 0.6 is 0 Å². The molecule has 0 amide bonds. The highest BCUT2D eigenvalue weighted by Crippen LogP contribution is 2.38. The Morgan fingerprint density at radius 2 is 0.589 bits per heavy atom. The summed E-state index contributed by atoms with van der Waals surface area (Å²) in [5.74, 6) is 2.98. The zero-order valence-corrected chi connectivity index (χ0v) is 53.6. The quantitative estimate of drug-likeness (QED) is 0.0904. The monoisotopic (exact) mass is 1250 g/mol. The van der Waals surface area contributed by atoms with Crippen LogP contribution in [0.5, 0.6) is 0 Å². The number of aromatic nitrogens is 8. The van der Waals surface area contributed by atoms with E-state index in [2.05, 4.69) is 374 Å². The first-order valence-corrected chi connectivity index (χ1v) is 36.4. The Morgan fingerprint density at radius 1 is 0.211 bits per heavy atom. The lowest BCUT2D eigenvalue weighted by atomic mass is 10.1. The van der Waals surface area contributed by atoms with Gasteiger partial charge < -0.3 is 4.57 Å². The van der Waals surface area contributed by atoms with Gasteiger partial charge in [-0.15, -0.1) is 0 Å². The molecule has 0 aliphatic rings. The van der Waals surface area contributed by atoms with Crippen molar-refractivity contribution < 1.29 is 0 Å². The van der Waals surface area contributed by atoms with E-state index >= 15 is 0 Å². The highest BCUT2D eigenvalue weighted by Gasteiger charge is 2.44. The molecule has 446 valence electrons. The van der Waals surface area contributed by atoms with Crippen LogP contribution in [-0.2, 0) is 0 Å². The Hall–Kier alpha value is -12.2. The van der Waals surface area contributed by atoms with E-state index < -0.39 is 16.1 Å². The summed E-state index contributed by atoms with van der Waals surface area (Å²) in [6.45, 7) is 0. The third kappa shape index (κ3) is 8.21. The van der Waals surface area contributed by atoms with Gasteiger partial charge >= 0.3 is 0 Å². The smallest absolute Gasteiger partial charge is 0.221 e. The fourth-order valence-corrected chi connectivity index (χ4v) is 25.3. The van der Waals surface area contributed by atoms with Gasteiger partial charge in [0.25, 0.3) is 0 Å². The predicted octanol–water partition coefficient (Wildman–Crippen LogP) is 14.1. The van der Waals surface area contributed by atoms with Crippen LogP contribution in [0.2, 0.25) is 0 Å². The first kappa shape index (κ1) is 54.5. The van der Waals surface area contributed by atoms with Crippen LogP contribution < -0.4 is 41.5 Å². The summed E-state index contributed by atoms with van der Waals surface area (Å²) < 4.78 is 11.7. The Labute approximate surface area is 549 Å². The second-order valence-corrected chi connectivity index (χ2v) is 32.4. The number of benzene rings is 13. The van der Waals surface area contributed by atoms with Crippen molar-refractivity contribution in [3.8, 4) is 28.5 Å². The number of para-hydroxylation sites is 6. The molecule has 0 atom stereocenters. The maximum absolute atomic E-state index is 5.96. The summed E-state index contributed by atoms with van der Waals surface area (Å²) in [6.07, 6.45) is 0. The Balaban J connectivity index is 0.941. The van der Waals surface area contributed by atoms with Crippen molar-refractivity contribution in [3.63, 3.8) is 0 Å². The van der Waals surface area contributed by atoms with Crippen LogP contribution in [0.4, 0.5) is 0 Å². The van der Waals surface area contributed by atoms with Gasteiger partial charge in [0.15, 0.2) is 16.1 Å². The molecule has 13 aromatic carbocycles. The van der Waals surface area contributed by atoms with Crippen molar-refractivity contribution in [2.45, 2.75) is 0 Å². The summed E-state index contributed by atoms with van der Waals surface area (Å²) in [5, 5.41) is 12.8. The first-order valence-electron chi connectivity index (χ1n) is 32.4. The predicted molar refractivity (Wildman–Crippen MR) is 397 cm³/mol. The maximum atomic E-state index is 5.96. The minimum absolute atomic E-state index is 0.717. The normalized spacial score (nSPS) is 12.2. The lowest BCUT2D eigenvalue weighted by molar-refractivity contribution is 0.983. The number of hydrogen-bond donors (Lipinski definition) is 0. The number of rotatable bonds is 12. The Bertz CT molecular complexity index is 5910. The summed E-state index contributed by atoms with van der Waals surface area (Å²) in [7, 11) is -6.13. The van der Waals surface area contributed by atoms with E-state index in [9.17, 15) is 0 Å². The van der Waals surface area contributed by atoms with E-state index in [0.29, 0.717) is 5.82 Å². The number of fused-ring (bicyclic) bond motifs is 13. The average molecular weight is 1250 g/mol. The topological polar surface area (TPSA) is 62.3 Å². The fourth-order valence-electron chi connectivity index (χ4n) is 15.8. The molecule has 0 bridgehead atoms. The molecule has 0 N–H and O–H groups in total. The Morgan fingerprint density at radius 3 is 1.08 bits per heavy atom. The summed E-state index contributed by atoms with van der Waals surface area (Å²) in [4.78, 5) is 17.2. The molecule has 0 aliphatic carbocycles. The number of nitrogens with zero attached hydrogens (tertiary/aromatic N) is 8. The van der Waals surface area contributed by atoms with Crippen molar-refractivity contribution in [2.75, 3.05) is 0 Å². The van der Waals surface area contributed by atoms with Gasteiger partial charge in [0.2, 0.25) is 11.6 Å². The van der Waals surface area contributed by atoms with Gasteiger partial charge in [-0.2, -0.15) is 0 Å². The molecule has 10 heteroatoms. The van der Waals surface area contributed by atoms with Gasteiger partial charge in [0, 0.05) is 16.5 Å². The van der Waals surface area contributed by atoms with E-state index in [0.717, 1.165) is 89.4 Å².